The zero-order chi connectivity index (χ0) is 9.78. The molecule has 0 amide bonds. The summed E-state index contributed by atoms with van der Waals surface area (Å²) in [4.78, 5) is 11.3. The zero-order valence-corrected chi connectivity index (χ0v) is 11.6. The third-order valence-corrected chi connectivity index (χ3v) is 1.44. The number of esters is 1. The minimum Gasteiger partial charge on any atom is -0.460 e. The number of carbonyl (C=O) groups is 1. The van der Waals surface area contributed by atoms with Crippen LogP contribution < -0.4 is 0 Å². The Bertz CT molecular complexity index is 145. The fraction of sp³-hybridized carbons (Fsp3) is 0.700. The molecule has 0 heterocycles. The Labute approximate surface area is 107 Å². The third-order valence-electron chi connectivity index (χ3n) is 1.44. The Hall–Kier alpha value is 0.574. The van der Waals surface area contributed by atoms with E-state index in [-0.39, 0.29) is 44.6 Å². The van der Waals surface area contributed by atoms with E-state index in [9.17, 15) is 4.79 Å². The van der Waals surface area contributed by atoms with E-state index in [1.807, 2.05) is 20.8 Å². The van der Waals surface area contributed by atoms with Gasteiger partial charge >= 0.3 is 5.97 Å². The molecule has 0 aromatic carbocycles. The van der Waals surface area contributed by atoms with Crippen molar-refractivity contribution in [2.45, 2.75) is 39.2 Å². The van der Waals surface area contributed by atoms with Gasteiger partial charge in [0.15, 0.2) is 0 Å². The quantitative estimate of drug-likeness (QED) is 0.574. The summed E-state index contributed by atoms with van der Waals surface area (Å²) in [6.45, 7) is 12.9. The van der Waals surface area contributed by atoms with Crippen LogP contribution in [0.4, 0.5) is 0 Å². The second kappa shape index (κ2) is 6.94. The number of carbonyl (C=O) groups excluding carboxylic acids is 1. The summed E-state index contributed by atoms with van der Waals surface area (Å²) in [6, 6.07) is 0. The zero-order valence-electron chi connectivity index (χ0n) is 8.80. The number of hydrogen-bond donors (Lipinski definition) is 0. The monoisotopic (exact) mass is 259 g/mol. The molecular formula is C10H18O2Y-2. The van der Waals surface area contributed by atoms with Crippen LogP contribution in [0.2, 0.25) is 0 Å². The second-order valence-electron chi connectivity index (χ2n) is 3.81. The Morgan fingerprint density at radius 3 is 1.92 bits per heavy atom. The van der Waals surface area contributed by atoms with Crippen molar-refractivity contribution in [1.29, 1.82) is 0 Å². The van der Waals surface area contributed by atoms with E-state index >= 15 is 0 Å². The van der Waals surface area contributed by atoms with Crippen LogP contribution in [0.1, 0.15) is 33.6 Å². The van der Waals surface area contributed by atoms with Crippen LogP contribution in [0.5, 0.6) is 0 Å². The second-order valence-corrected chi connectivity index (χ2v) is 3.81. The molecular weight excluding hydrogens is 241 g/mol. The normalized spacial score (nSPS) is 10.9. The van der Waals surface area contributed by atoms with Crippen LogP contribution in [-0.4, -0.2) is 11.6 Å². The maximum atomic E-state index is 11.3. The first-order valence-electron chi connectivity index (χ1n) is 4.22. The molecule has 0 bridgehead atoms. The smallest absolute Gasteiger partial charge is 0.304 e. The van der Waals surface area contributed by atoms with Gasteiger partial charge in [0.2, 0.25) is 0 Å². The molecule has 75 valence electrons. The topological polar surface area (TPSA) is 26.3 Å². The van der Waals surface area contributed by atoms with E-state index in [4.69, 9.17) is 4.74 Å². The number of rotatable bonds is 3. The fourth-order valence-electron chi connectivity index (χ4n) is 0.765. The summed E-state index contributed by atoms with van der Waals surface area (Å²) in [5.41, 5.74) is -0.403. The molecule has 0 N–H and O–H groups in total. The van der Waals surface area contributed by atoms with Gasteiger partial charge in [0.1, 0.15) is 5.60 Å². The standard InChI is InChI=1S/C10H18O2.Y/c1-6-8(7-2)9(11)12-10(3,4)5;/h8H,1-2,6-7H2,3-5H3;/q-2;. The molecule has 0 aromatic heterocycles. The predicted octanol–water partition coefficient (Wildman–Crippen LogP) is 2.39. The average molecular weight is 259 g/mol. The number of hydrogen-bond acceptors (Lipinski definition) is 2. The SMILES string of the molecule is [CH2-]CC(C[CH2-])C(=O)OC(C)(C)C.[Y]. The van der Waals surface area contributed by atoms with Gasteiger partial charge in [-0.05, 0) is 20.8 Å². The molecule has 0 aliphatic rings. The molecule has 0 atom stereocenters. The fourth-order valence-corrected chi connectivity index (χ4v) is 0.765. The Kier molecular flexibility index (Phi) is 8.56. The van der Waals surface area contributed by atoms with Crippen LogP contribution in [-0.2, 0) is 42.2 Å². The molecule has 0 fully saturated rings. The van der Waals surface area contributed by atoms with Crippen LogP contribution in [0, 0.1) is 19.8 Å². The van der Waals surface area contributed by atoms with Crippen molar-refractivity contribution in [1.82, 2.24) is 0 Å². The Morgan fingerprint density at radius 1 is 1.31 bits per heavy atom. The van der Waals surface area contributed by atoms with Crippen molar-refractivity contribution in [2.24, 2.45) is 5.92 Å². The third kappa shape index (κ3) is 7.63. The molecule has 13 heavy (non-hydrogen) atoms. The molecule has 0 unspecified atom stereocenters. The summed E-state index contributed by atoms with van der Waals surface area (Å²) < 4.78 is 5.16. The predicted molar refractivity (Wildman–Crippen MR) is 49.3 cm³/mol. The first-order valence-corrected chi connectivity index (χ1v) is 4.22. The number of ether oxygens (including phenoxy) is 1. The first kappa shape index (κ1) is 16.0. The molecule has 2 nitrogen and oxygen atoms in total. The summed E-state index contributed by atoms with van der Waals surface area (Å²) in [5, 5.41) is 0. The molecule has 1 radical (unpaired) electrons. The van der Waals surface area contributed by atoms with E-state index in [0.29, 0.717) is 12.8 Å². The minimum atomic E-state index is -0.403. The Balaban J connectivity index is 0. The summed E-state index contributed by atoms with van der Waals surface area (Å²) in [7, 11) is 0. The van der Waals surface area contributed by atoms with Crippen molar-refractivity contribution in [2.75, 3.05) is 0 Å². The van der Waals surface area contributed by atoms with Gasteiger partial charge < -0.3 is 18.6 Å². The van der Waals surface area contributed by atoms with E-state index in [1.165, 1.54) is 0 Å². The van der Waals surface area contributed by atoms with Crippen molar-refractivity contribution in [3.05, 3.63) is 13.8 Å². The minimum absolute atomic E-state index is 0. The molecule has 0 saturated heterocycles. The van der Waals surface area contributed by atoms with Gasteiger partial charge in [-0.25, -0.2) is 0 Å². The van der Waals surface area contributed by atoms with Gasteiger partial charge in [0.25, 0.3) is 0 Å². The summed E-state index contributed by atoms with van der Waals surface area (Å²) in [6.07, 6.45) is 1.11. The Morgan fingerprint density at radius 2 is 1.69 bits per heavy atom. The van der Waals surface area contributed by atoms with E-state index < -0.39 is 5.60 Å². The summed E-state index contributed by atoms with van der Waals surface area (Å²) >= 11 is 0. The van der Waals surface area contributed by atoms with Crippen LogP contribution in [0.15, 0.2) is 0 Å². The average Bonchev–Trinajstić information content (AvgIpc) is 1.85. The first-order chi connectivity index (χ1) is 5.40. The van der Waals surface area contributed by atoms with Gasteiger partial charge in [-0.2, -0.15) is 12.8 Å². The van der Waals surface area contributed by atoms with Crippen molar-refractivity contribution < 1.29 is 42.2 Å². The molecule has 0 aliphatic heterocycles. The molecule has 3 heteroatoms. The van der Waals surface area contributed by atoms with Gasteiger partial charge in [0, 0.05) is 38.6 Å². The maximum absolute atomic E-state index is 11.3. The van der Waals surface area contributed by atoms with Crippen molar-refractivity contribution >= 4 is 5.97 Å². The van der Waals surface area contributed by atoms with Gasteiger partial charge in [-0.3, -0.25) is 4.79 Å². The largest absolute Gasteiger partial charge is 0.460 e. The van der Waals surface area contributed by atoms with E-state index in [1.54, 1.807) is 0 Å². The van der Waals surface area contributed by atoms with E-state index in [0.717, 1.165) is 0 Å². The van der Waals surface area contributed by atoms with Gasteiger partial charge in [-0.15, -0.1) is 0 Å². The molecule has 0 rings (SSSR count). The molecule has 0 saturated carbocycles. The molecule has 0 aliphatic carbocycles. The molecule has 0 spiro atoms. The van der Waals surface area contributed by atoms with Gasteiger partial charge in [-0.1, -0.05) is 0 Å². The van der Waals surface area contributed by atoms with Crippen LogP contribution >= 0.6 is 0 Å². The van der Waals surface area contributed by atoms with Gasteiger partial charge in [0.05, 0.1) is 0 Å². The van der Waals surface area contributed by atoms with Crippen LogP contribution in [0.25, 0.3) is 0 Å². The van der Waals surface area contributed by atoms with Crippen LogP contribution in [0.3, 0.4) is 0 Å². The van der Waals surface area contributed by atoms with Crippen molar-refractivity contribution in [3.63, 3.8) is 0 Å². The maximum Gasteiger partial charge on any atom is 0.304 e. The molecule has 0 aromatic rings. The van der Waals surface area contributed by atoms with E-state index in [2.05, 4.69) is 13.8 Å². The summed E-state index contributed by atoms with van der Waals surface area (Å²) in [5.74, 6) is -0.336. The van der Waals surface area contributed by atoms with Crippen molar-refractivity contribution in [3.8, 4) is 0 Å².